The molecule has 0 spiro atoms. The third-order valence-corrected chi connectivity index (χ3v) is 2.09. The molecular weight excluding hydrogens is 248 g/mol. The van der Waals surface area contributed by atoms with Gasteiger partial charge >= 0.3 is 12.1 Å². The van der Waals surface area contributed by atoms with Gasteiger partial charge in [-0.2, -0.15) is 10.1 Å². The van der Waals surface area contributed by atoms with Crippen molar-refractivity contribution in [3.8, 4) is 0 Å². The second kappa shape index (κ2) is 5.19. The van der Waals surface area contributed by atoms with Crippen LogP contribution in [-0.4, -0.2) is 40.5 Å². The molecular formula is C13H22N2O4. The molecule has 0 fully saturated rings. The summed E-state index contributed by atoms with van der Waals surface area (Å²) in [6, 6.07) is -0.742. The van der Waals surface area contributed by atoms with Gasteiger partial charge in [0.25, 0.3) is 0 Å². The number of carbonyl (C=O) groups excluding carboxylic acids is 2. The summed E-state index contributed by atoms with van der Waals surface area (Å²) in [5.41, 5.74) is -1.23. The number of hydrogen-bond acceptors (Lipinski definition) is 5. The lowest BCUT2D eigenvalue weighted by atomic mass is 10.1. The zero-order valence-electron chi connectivity index (χ0n) is 12.4. The number of amides is 1. The Morgan fingerprint density at radius 2 is 1.63 bits per heavy atom. The first-order chi connectivity index (χ1) is 8.49. The Kier molecular flexibility index (Phi) is 4.22. The molecule has 1 aliphatic rings. The average molecular weight is 270 g/mol. The van der Waals surface area contributed by atoms with Gasteiger partial charge in [-0.1, -0.05) is 0 Å². The molecule has 0 bridgehead atoms. The largest absolute Gasteiger partial charge is 0.458 e. The maximum Gasteiger partial charge on any atom is 0.431 e. The van der Waals surface area contributed by atoms with Crippen LogP contribution in [0.4, 0.5) is 4.79 Å². The molecule has 19 heavy (non-hydrogen) atoms. The Labute approximate surface area is 113 Å². The molecule has 108 valence electrons. The fraction of sp³-hybridized carbons (Fsp3) is 0.769. The number of nitrogens with zero attached hydrogens (tertiary/aromatic N) is 2. The third kappa shape index (κ3) is 4.89. The summed E-state index contributed by atoms with van der Waals surface area (Å²) in [6.07, 6.45) is 1.21. The van der Waals surface area contributed by atoms with Crippen LogP contribution < -0.4 is 0 Å². The van der Waals surface area contributed by atoms with E-state index in [1.165, 1.54) is 6.21 Å². The normalized spacial score (nSPS) is 19.5. The summed E-state index contributed by atoms with van der Waals surface area (Å²) < 4.78 is 10.5. The van der Waals surface area contributed by atoms with Gasteiger partial charge in [-0.15, -0.1) is 0 Å². The average Bonchev–Trinajstić information content (AvgIpc) is 2.59. The minimum atomic E-state index is -0.742. The number of hydrogen-bond donors (Lipinski definition) is 0. The first-order valence-electron chi connectivity index (χ1n) is 6.27. The highest BCUT2D eigenvalue weighted by Gasteiger charge is 2.38. The summed E-state index contributed by atoms with van der Waals surface area (Å²) in [5.74, 6) is -0.476. The van der Waals surface area contributed by atoms with Gasteiger partial charge in [-0.05, 0) is 41.5 Å². The van der Waals surface area contributed by atoms with E-state index in [-0.39, 0.29) is 0 Å². The van der Waals surface area contributed by atoms with Gasteiger partial charge in [0.2, 0.25) is 0 Å². The maximum absolute atomic E-state index is 12.0. The zero-order chi connectivity index (χ0) is 14.8. The molecule has 1 unspecified atom stereocenters. The van der Waals surface area contributed by atoms with Crippen molar-refractivity contribution in [2.45, 2.75) is 65.2 Å². The molecule has 0 saturated heterocycles. The van der Waals surface area contributed by atoms with Crippen molar-refractivity contribution >= 4 is 18.3 Å². The Morgan fingerprint density at radius 3 is 2.11 bits per heavy atom. The smallest absolute Gasteiger partial charge is 0.431 e. The predicted molar refractivity (Wildman–Crippen MR) is 70.8 cm³/mol. The van der Waals surface area contributed by atoms with Crippen LogP contribution >= 0.6 is 0 Å². The molecule has 1 heterocycles. The SMILES string of the molecule is CC(C)(C)OC(=O)C1CC=NN1C(=O)OC(C)(C)C. The monoisotopic (exact) mass is 270 g/mol. The topological polar surface area (TPSA) is 68.2 Å². The van der Waals surface area contributed by atoms with Gasteiger partial charge in [-0.3, -0.25) is 0 Å². The van der Waals surface area contributed by atoms with Gasteiger partial charge in [0, 0.05) is 12.6 Å². The van der Waals surface area contributed by atoms with Gasteiger partial charge in [0.1, 0.15) is 11.2 Å². The fourth-order valence-corrected chi connectivity index (χ4v) is 1.46. The first kappa shape index (κ1) is 15.5. The lowest BCUT2D eigenvalue weighted by Crippen LogP contribution is -2.44. The molecule has 0 N–H and O–H groups in total. The van der Waals surface area contributed by atoms with Crippen molar-refractivity contribution in [3.05, 3.63) is 0 Å². The van der Waals surface area contributed by atoms with E-state index < -0.39 is 29.3 Å². The van der Waals surface area contributed by atoms with Crippen molar-refractivity contribution < 1.29 is 19.1 Å². The Morgan fingerprint density at radius 1 is 1.11 bits per heavy atom. The molecule has 6 nitrogen and oxygen atoms in total. The Balaban J connectivity index is 2.71. The summed E-state index contributed by atoms with van der Waals surface area (Å²) in [7, 11) is 0. The summed E-state index contributed by atoms with van der Waals surface area (Å²) in [6.45, 7) is 10.6. The molecule has 0 aliphatic carbocycles. The molecule has 0 aromatic carbocycles. The molecule has 0 aromatic rings. The Bertz CT molecular complexity index is 390. The van der Waals surface area contributed by atoms with Gasteiger partial charge in [0.15, 0.2) is 6.04 Å². The van der Waals surface area contributed by atoms with E-state index >= 15 is 0 Å². The first-order valence-corrected chi connectivity index (χ1v) is 6.27. The van der Waals surface area contributed by atoms with E-state index in [4.69, 9.17) is 9.47 Å². The number of carbonyl (C=O) groups is 2. The van der Waals surface area contributed by atoms with Crippen LogP contribution in [0.5, 0.6) is 0 Å². The predicted octanol–water partition coefficient (Wildman–Crippen LogP) is 2.32. The molecule has 1 atom stereocenters. The van der Waals surface area contributed by atoms with Gasteiger partial charge in [0.05, 0.1) is 0 Å². The van der Waals surface area contributed by atoms with E-state index in [9.17, 15) is 9.59 Å². The minimum Gasteiger partial charge on any atom is -0.458 e. The molecule has 1 amide bonds. The lowest BCUT2D eigenvalue weighted by Gasteiger charge is -2.27. The molecule has 1 aliphatic heterocycles. The fourth-order valence-electron chi connectivity index (χ4n) is 1.46. The zero-order valence-corrected chi connectivity index (χ0v) is 12.4. The van der Waals surface area contributed by atoms with Gasteiger partial charge < -0.3 is 9.47 Å². The Hall–Kier alpha value is -1.59. The number of esters is 1. The van der Waals surface area contributed by atoms with Crippen LogP contribution in [0.1, 0.15) is 48.0 Å². The number of rotatable bonds is 1. The van der Waals surface area contributed by atoms with Crippen molar-refractivity contribution in [2.75, 3.05) is 0 Å². The molecule has 0 aromatic heterocycles. The van der Waals surface area contributed by atoms with Crippen LogP contribution in [0.2, 0.25) is 0 Å². The van der Waals surface area contributed by atoms with Crippen LogP contribution in [0.15, 0.2) is 5.10 Å². The number of ether oxygens (including phenoxy) is 2. The molecule has 0 saturated carbocycles. The van der Waals surface area contributed by atoms with Crippen molar-refractivity contribution in [1.29, 1.82) is 0 Å². The summed E-state index contributed by atoms with van der Waals surface area (Å²) in [4.78, 5) is 23.9. The third-order valence-electron chi connectivity index (χ3n) is 2.09. The van der Waals surface area contributed by atoms with Crippen LogP contribution in [-0.2, 0) is 14.3 Å². The van der Waals surface area contributed by atoms with Crippen LogP contribution in [0.25, 0.3) is 0 Å². The van der Waals surface area contributed by atoms with E-state index in [0.29, 0.717) is 6.42 Å². The van der Waals surface area contributed by atoms with Crippen LogP contribution in [0.3, 0.4) is 0 Å². The van der Waals surface area contributed by atoms with Gasteiger partial charge in [-0.25, -0.2) is 9.59 Å². The molecule has 0 radical (unpaired) electrons. The quantitative estimate of drug-likeness (QED) is 0.686. The number of hydrazone groups is 1. The lowest BCUT2D eigenvalue weighted by molar-refractivity contribution is -0.160. The van der Waals surface area contributed by atoms with E-state index in [1.54, 1.807) is 41.5 Å². The standard InChI is InChI=1S/C13H22N2O4/c1-12(2,3)18-10(16)9-7-8-14-15(9)11(17)19-13(4,5)6/h8-9H,7H2,1-6H3. The van der Waals surface area contributed by atoms with Crippen molar-refractivity contribution in [2.24, 2.45) is 5.10 Å². The highest BCUT2D eigenvalue weighted by Crippen LogP contribution is 2.20. The van der Waals surface area contributed by atoms with E-state index in [0.717, 1.165) is 5.01 Å². The summed E-state index contributed by atoms with van der Waals surface area (Å²) in [5, 5.41) is 4.93. The molecule has 6 heteroatoms. The van der Waals surface area contributed by atoms with Crippen LogP contribution in [0, 0.1) is 0 Å². The van der Waals surface area contributed by atoms with E-state index in [1.807, 2.05) is 0 Å². The minimum absolute atomic E-state index is 0.341. The second-order valence-corrected chi connectivity index (χ2v) is 6.41. The van der Waals surface area contributed by atoms with E-state index in [2.05, 4.69) is 5.10 Å². The maximum atomic E-state index is 12.0. The molecule has 1 rings (SSSR count). The van der Waals surface area contributed by atoms with Crippen molar-refractivity contribution in [1.82, 2.24) is 5.01 Å². The highest BCUT2D eigenvalue weighted by atomic mass is 16.6. The highest BCUT2D eigenvalue weighted by molar-refractivity contribution is 5.87. The second-order valence-electron chi connectivity index (χ2n) is 6.41. The van der Waals surface area contributed by atoms with Crippen molar-refractivity contribution in [3.63, 3.8) is 0 Å². The summed E-state index contributed by atoms with van der Waals surface area (Å²) >= 11 is 0.